The van der Waals surface area contributed by atoms with Gasteiger partial charge in [0, 0.05) is 17.5 Å². The van der Waals surface area contributed by atoms with Crippen LogP contribution in [0.3, 0.4) is 0 Å². The topological polar surface area (TPSA) is 38.7 Å². The van der Waals surface area contributed by atoms with Crippen molar-refractivity contribution in [1.82, 2.24) is 0 Å². The molecule has 1 fully saturated rings. The Labute approximate surface area is 116 Å². The molecule has 1 aromatic carbocycles. The molecule has 0 amide bonds. The molecular formula is C14H19BrO3. The van der Waals surface area contributed by atoms with Crippen LogP contribution in [0.15, 0.2) is 22.7 Å². The van der Waals surface area contributed by atoms with E-state index >= 15 is 0 Å². The first-order chi connectivity index (χ1) is 8.61. The average molecular weight is 315 g/mol. The molecule has 1 aromatic rings. The fourth-order valence-electron chi connectivity index (χ4n) is 2.05. The molecule has 0 spiro atoms. The highest BCUT2D eigenvalue weighted by Crippen LogP contribution is 2.31. The summed E-state index contributed by atoms with van der Waals surface area (Å²) in [7, 11) is 0. The quantitative estimate of drug-likeness (QED) is 0.907. The Balaban J connectivity index is 1.96. The van der Waals surface area contributed by atoms with Crippen molar-refractivity contribution in [2.75, 3.05) is 6.61 Å². The lowest BCUT2D eigenvalue weighted by molar-refractivity contribution is -0.162. The maximum absolute atomic E-state index is 9.68. The van der Waals surface area contributed by atoms with Crippen molar-refractivity contribution in [3.05, 3.63) is 28.2 Å². The van der Waals surface area contributed by atoms with Crippen molar-refractivity contribution in [2.24, 2.45) is 0 Å². The molecular weight excluding hydrogens is 296 g/mol. The third-order valence-electron chi connectivity index (χ3n) is 3.15. The first-order valence-electron chi connectivity index (χ1n) is 6.34. The van der Waals surface area contributed by atoms with Gasteiger partial charge in [-0.3, -0.25) is 0 Å². The van der Waals surface area contributed by atoms with Crippen LogP contribution in [-0.2, 0) is 4.74 Å². The standard InChI is InChI=1S/C14H19BrO3/c1-3-6-17-14-11(16)8-13(14)18-12-5-4-10(15)7-9(12)2/h4-5,7,11,13-14,16H,3,6,8H2,1-2H3. The average Bonchev–Trinajstić information content (AvgIpc) is 2.32. The molecule has 1 saturated carbocycles. The van der Waals surface area contributed by atoms with Crippen LogP contribution in [0.2, 0.25) is 0 Å². The largest absolute Gasteiger partial charge is 0.487 e. The zero-order chi connectivity index (χ0) is 13.1. The van der Waals surface area contributed by atoms with E-state index in [1.165, 1.54) is 0 Å². The van der Waals surface area contributed by atoms with Crippen LogP contribution < -0.4 is 4.74 Å². The van der Waals surface area contributed by atoms with Gasteiger partial charge in [-0.2, -0.15) is 0 Å². The monoisotopic (exact) mass is 314 g/mol. The maximum atomic E-state index is 9.68. The van der Waals surface area contributed by atoms with Crippen LogP contribution in [0.1, 0.15) is 25.3 Å². The molecule has 0 heterocycles. The van der Waals surface area contributed by atoms with Gasteiger partial charge in [0.25, 0.3) is 0 Å². The summed E-state index contributed by atoms with van der Waals surface area (Å²) in [6.07, 6.45) is 0.980. The SMILES string of the molecule is CCCOC1C(O)CC1Oc1ccc(Br)cc1C. The van der Waals surface area contributed by atoms with Crippen LogP contribution >= 0.6 is 15.9 Å². The Hall–Kier alpha value is -0.580. The zero-order valence-electron chi connectivity index (χ0n) is 10.7. The minimum Gasteiger partial charge on any atom is -0.487 e. The van der Waals surface area contributed by atoms with E-state index in [0.717, 1.165) is 22.2 Å². The van der Waals surface area contributed by atoms with Gasteiger partial charge in [-0.15, -0.1) is 0 Å². The lowest BCUT2D eigenvalue weighted by atomic mass is 9.88. The Kier molecular flexibility index (Phi) is 4.65. The molecule has 100 valence electrons. The summed E-state index contributed by atoms with van der Waals surface area (Å²) in [5.41, 5.74) is 1.08. The Morgan fingerprint density at radius 3 is 2.83 bits per heavy atom. The molecule has 1 N–H and O–H groups in total. The van der Waals surface area contributed by atoms with Gasteiger partial charge < -0.3 is 14.6 Å². The van der Waals surface area contributed by atoms with Crippen LogP contribution in [0, 0.1) is 6.92 Å². The number of aliphatic hydroxyl groups excluding tert-OH is 1. The molecule has 3 nitrogen and oxygen atoms in total. The van der Waals surface area contributed by atoms with E-state index in [-0.39, 0.29) is 12.2 Å². The van der Waals surface area contributed by atoms with Crippen LogP contribution in [0.4, 0.5) is 0 Å². The third-order valence-corrected chi connectivity index (χ3v) is 3.64. The summed E-state index contributed by atoms with van der Waals surface area (Å²) < 4.78 is 12.6. The third kappa shape index (κ3) is 3.05. The molecule has 0 radical (unpaired) electrons. The summed E-state index contributed by atoms with van der Waals surface area (Å²) in [6, 6.07) is 5.92. The molecule has 0 bridgehead atoms. The predicted octanol–water partition coefficient (Wildman–Crippen LogP) is 3.06. The van der Waals surface area contributed by atoms with Crippen molar-refractivity contribution < 1.29 is 14.6 Å². The fraction of sp³-hybridized carbons (Fsp3) is 0.571. The van der Waals surface area contributed by atoms with E-state index in [0.29, 0.717) is 13.0 Å². The number of halogens is 1. The first-order valence-corrected chi connectivity index (χ1v) is 7.13. The number of hydrogen-bond acceptors (Lipinski definition) is 3. The minimum absolute atomic E-state index is 0.0357. The van der Waals surface area contributed by atoms with Gasteiger partial charge in [-0.1, -0.05) is 22.9 Å². The lowest BCUT2D eigenvalue weighted by Gasteiger charge is -2.41. The number of ether oxygens (including phenoxy) is 2. The molecule has 0 aliphatic heterocycles. The molecule has 0 saturated heterocycles. The number of aliphatic hydroxyl groups is 1. The molecule has 18 heavy (non-hydrogen) atoms. The summed E-state index contributed by atoms with van der Waals surface area (Å²) in [5, 5.41) is 9.68. The highest BCUT2D eigenvalue weighted by Gasteiger charge is 2.42. The normalized spacial score (nSPS) is 26.8. The van der Waals surface area contributed by atoms with Gasteiger partial charge in [0.2, 0.25) is 0 Å². The minimum atomic E-state index is -0.391. The second-order valence-electron chi connectivity index (χ2n) is 4.70. The summed E-state index contributed by atoms with van der Waals surface area (Å²) in [4.78, 5) is 0. The highest BCUT2D eigenvalue weighted by molar-refractivity contribution is 9.10. The van der Waals surface area contributed by atoms with E-state index in [9.17, 15) is 5.11 Å². The van der Waals surface area contributed by atoms with Gasteiger partial charge >= 0.3 is 0 Å². The van der Waals surface area contributed by atoms with E-state index in [1.54, 1.807) is 0 Å². The number of aryl methyl sites for hydroxylation is 1. The predicted molar refractivity (Wildman–Crippen MR) is 73.9 cm³/mol. The second kappa shape index (κ2) is 6.04. The Bertz CT molecular complexity index is 408. The lowest BCUT2D eigenvalue weighted by Crippen LogP contribution is -2.55. The van der Waals surface area contributed by atoms with Gasteiger partial charge in [-0.25, -0.2) is 0 Å². The van der Waals surface area contributed by atoms with Gasteiger partial charge in [-0.05, 0) is 37.1 Å². The van der Waals surface area contributed by atoms with Crippen LogP contribution in [0.25, 0.3) is 0 Å². The van der Waals surface area contributed by atoms with E-state index in [2.05, 4.69) is 22.9 Å². The Morgan fingerprint density at radius 1 is 1.44 bits per heavy atom. The van der Waals surface area contributed by atoms with Crippen LogP contribution in [-0.4, -0.2) is 30.0 Å². The number of benzene rings is 1. The van der Waals surface area contributed by atoms with Gasteiger partial charge in [0.15, 0.2) is 0 Å². The van der Waals surface area contributed by atoms with Crippen molar-refractivity contribution in [3.63, 3.8) is 0 Å². The smallest absolute Gasteiger partial charge is 0.130 e. The molecule has 1 aliphatic rings. The second-order valence-corrected chi connectivity index (χ2v) is 5.62. The van der Waals surface area contributed by atoms with Crippen molar-refractivity contribution in [3.8, 4) is 5.75 Å². The van der Waals surface area contributed by atoms with Gasteiger partial charge in [0.1, 0.15) is 18.0 Å². The highest BCUT2D eigenvalue weighted by atomic mass is 79.9. The zero-order valence-corrected chi connectivity index (χ0v) is 12.3. The molecule has 2 rings (SSSR count). The van der Waals surface area contributed by atoms with Gasteiger partial charge in [0.05, 0.1) is 6.10 Å². The molecule has 4 heteroatoms. The molecule has 3 unspecified atom stereocenters. The molecule has 1 aliphatic carbocycles. The summed E-state index contributed by atoms with van der Waals surface area (Å²) in [6.45, 7) is 4.73. The maximum Gasteiger partial charge on any atom is 0.130 e. The van der Waals surface area contributed by atoms with E-state index < -0.39 is 6.10 Å². The fourth-order valence-corrected chi connectivity index (χ4v) is 2.53. The van der Waals surface area contributed by atoms with Crippen LogP contribution in [0.5, 0.6) is 5.75 Å². The van der Waals surface area contributed by atoms with Crippen molar-refractivity contribution >= 4 is 15.9 Å². The van der Waals surface area contributed by atoms with Crippen molar-refractivity contribution in [1.29, 1.82) is 0 Å². The Morgan fingerprint density at radius 2 is 2.22 bits per heavy atom. The number of hydrogen-bond donors (Lipinski definition) is 1. The van der Waals surface area contributed by atoms with Crippen molar-refractivity contribution in [2.45, 2.75) is 45.0 Å². The van der Waals surface area contributed by atoms with E-state index in [4.69, 9.17) is 9.47 Å². The molecule has 0 aromatic heterocycles. The van der Waals surface area contributed by atoms with E-state index in [1.807, 2.05) is 25.1 Å². The first kappa shape index (κ1) is 13.8. The molecule has 3 atom stereocenters. The number of rotatable bonds is 5. The summed E-state index contributed by atoms with van der Waals surface area (Å²) in [5.74, 6) is 0.861. The summed E-state index contributed by atoms with van der Waals surface area (Å²) >= 11 is 3.43.